The fourth-order valence-electron chi connectivity index (χ4n) is 2.61. The Morgan fingerprint density at radius 1 is 1.16 bits per heavy atom. The number of nitrogens with zero attached hydrogens (tertiary/aromatic N) is 1. The van der Waals surface area contributed by atoms with Crippen molar-refractivity contribution in [1.82, 2.24) is 10.2 Å². The lowest BCUT2D eigenvalue weighted by molar-refractivity contribution is 0.0740. The Morgan fingerprint density at radius 3 is 2.21 bits per heavy atom. The van der Waals surface area contributed by atoms with Crippen molar-refractivity contribution in [2.75, 3.05) is 39.9 Å². The molecule has 0 aliphatic carbocycles. The van der Waals surface area contributed by atoms with Crippen LogP contribution in [0.1, 0.15) is 53.9 Å². The van der Waals surface area contributed by atoms with Gasteiger partial charge in [-0.25, -0.2) is 0 Å². The molecule has 0 saturated heterocycles. The second-order valence-electron chi connectivity index (χ2n) is 5.88. The van der Waals surface area contributed by atoms with Gasteiger partial charge in [-0.1, -0.05) is 34.6 Å². The van der Waals surface area contributed by atoms with Gasteiger partial charge in [0.1, 0.15) is 0 Å². The van der Waals surface area contributed by atoms with Crippen molar-refractivity contribution in [3.63, 3.8) is 0 Å². The molecule has 1 unspecified atom stereocenters. The molecule has 0 bridgehead atoms. The molecule has 0 aromatic carbocycles. The quantitative estimate of drug-likeness (QED) is 0.591. The topological polar surface area (TPSA) is 24.5 Å². The summed E-state index contributed by atoms with van der Waals surface area (Å²) in [5.41, 5.74) is 0.354. The molecule has 0 amide bonds. The predicted octanol–water partition coefficient (Wildman–Crippen LogP) is 3.15. The molecular formula is C16H36N2O. The Kier molecular flexibility index (Phi) is 10.6. The maximum atomic E-state index is 5.28. The lowest BCUT2D eigenvalue weighted by Crippen LogP contribution is -2.47. The van der Waals surface area contributed by atoms with Gasteiger partial charge in [-0.2, -0.15) is 0 Å². The van der Waals surface area contributed by atoms with Gasteiger partial charge in [0.15, 0.2) is 0 Å². The van der Waals surface area contributed by atoms with E-state index in [0.29, 0.717) is 11.5 Å². The third kappa shape index (κ3) is 7.28. The van der Waals surface area contributed by atoms with E-state index in [9.17, 15) is 0 Å². The van der Waals surface area contributed by atoms with Crippen molar-refractivity contribution in [3.8, 4) is 0 Å². The van der Waals surface area contributed by atoms with Crippen molar-refractivity contribution in [3.05, 3.63) is 0 Å². The summed E-state index contributed by atoms with van der Waals surface area (Å²) < 4.78 is 5.28. The predicted molar refractivity (Wildman–Crippen MR) is 84.8 cm³/mol. The van der Waals surface area contributed by atoms with E-state index in [1.54, 1.807) is 7.11 Å². The summed E-state index contributed by atoms with van der Waals surface area (Å²) in [5, 5.41) is 3.52. The minimum Gasteiger partial charge on any atom is -0.383 e. The molecular weight excluding hydrogens is 236 g/mol. The van der Waals surface area contributed by atoms with Gasteiger partial charge >= 0.3 is 0 Å². The molecule has 0 heterocycles. The molecule has 3 nitrogen and oxygen atoms in total. The zero-order chi connectivity index (χ0) is 14.7. The van der Waals surface area contributed by atoms with Gasteiger partial charge in [-0.05, 0) is 31.2 Å². The van der Waals surface area contributed by atoms with Crippen LogP contribution in [-0.2, 0) is 4.74 Å². The maximum Gasteiger partial charge on any atom is 0.0589 e. The van der Waals surface area contributed by atoms with Crippen LogP contribution in [0.3, 0.4) is 0 Å². The van der Waals surface area contributed by atoms with Gasteiger partial charge in [0.05, 0.1) is 6.61 Å². The van der Waals surface area contributed by atoms with Gasteiger partial charge in [0, 0.05) is 32.8 Å². The van der Waals surface area contributed by atoms with Crippen LogP contribution in [0.15, 0.2) is 0 Å². The molecule has 3 heteroatoms. The molecule has 0 fully saturated rings. The van der Waals surface area contributed by atoms with Crippen LogP contribution in [0.25, 0.3) is 0 Å². The summed E-state index contributed by atoms with van der Waals surface area (Å²) in [4.78, 5) is 2.63. The van der Waals surface area contributed by atoms with Gasteiger partial charge < -0.3 is 10.1 Å². The van der Waals surface area contributed by atoms with Crippen LogP contribution in [0, 0.1) is 5.41 Å². The van der Waals surface area contributed by atoms with Crippen LogP contribution in [0.5, 0.6) is 0 Å². The zero-order valence-corrected chi connectivity index (χ0v) is 14.1. The van der Waals surface area contributed by atoms with Gasteiger partial charge in [0.2, 0.25) is 0 Å². The van der Waals surface area contributed by atoms with E-state index in [4.69, 9.17) is 4.74 Å². The Hall–Kier alpha value is -0.120. The molecule has 0 rings (SSSR count). The van der Waals surface area contributed by atoms with Crippen molar-refractivity contribution in [1.29, 1.82) is 0 Å². The Bertz CT molecular complexity index is 207. The second-order valence-corrected chi connectivity index (χ2v) is 5.88. The van der Waals surface area contributed by atoms with E-state index in [1.165, 1.54) is 19.3 Å². The van der Waals surface area contributed by atoms with Crippen molar-refractivity contribution in [2.45, 2.75) is 59.9 Å². The first kappa shape index (κ1) is 18.9. The van der Waals surface area contributed by atoms with Gasteiger partial charge in [-0.15, -0.1) is 0 Å². The smallest absolute Gasteiger partial charge is 0.0589 e. The van der Waals surface area contributed by atoms with E-state index >= 15 is 0 Å². The van der Waals surface area contributed by atoms with Crippen LogP contribution in [0.2, 0.25) is 0 Å². The normalized spacial score (nSPS) is 15.2. The fourth-order valence-corrected chi connectivity index (χ4v) is 2.61. The average Bonchev–Trinajstić information content (AvgIpc) is 2.43. The molecule has 1 N–H and O–H groups in total. The summed E-state index contributed by atoms with van der Waals surface area (Å²) in [6, 6.07) is 0.683. The first-order valence-electron chi connectivity index (χ1n) is 8.00. The molecule has 116 valence electrons. The van der Waals surface area contributed by atoms with Crippen molar-refractivity contribution < 1.29 is 4.74 Å². The number of methoxy groups -OCH3 is 1. The van der Waals surface area contributed by atoms with E-state index in [0.717, 1.165) is 32.8 Å². The minimum atomic E-state index is 0.354. The summed E-state index contributed by atoms with van der Waals surface area (Å²) in [7, 11) is 1.79. The number of rotatable bonds is 12. The molecule has 0 aromatic heterocycles. The lowest BCUT2D eigenvalue weighted by Gasteiger charge is -2.39. The lowest BCUT2D eigenvalue weighted by atomic mass is 9.86. The fraction of sp³-hybridized carbons (Fsp3) is 1.00. The molecule has 1 atom stereocenters. The van der Waals surface area contributed by atoms with Crippen LogP contribution < -0.4 is 5.32 Å². The summed E-state index contributed by atoms with van der Waals surface area (Å²) >= 11 is 0. The molecule has 0 radical (unpaired) electrons. The van der Waals surface area contributed by atoms with E-state index in [-0.39, 0.29) is 0 Å². The largest absolute Gasteiger partial charge is 0.383 e. The summed E-state index contributed by atoms with van der Waals surface area (Å²) in [5.74, 6) is 0. The van der Waals surface area contributed by atoms with Crippen molar-refractivity contribution in [2.24, 2.45) is 5.41 Å². The molecule has 0 spiro atoms. The number of ether oxygens (including phenoxy) is 1. The third-order valence-electron chi connectivity index (χ3n) is 4.28. The summed E-state index contributed by atoms with van der Waals surface area (Å²) in [6.07, 6.45) is 3.66. The van der Waals surface area contributed by atoms with Crippen molar-refractivity contribution >= 4 is 0 Å². The average molecular weight is 272 g/mol. The van der Waals surface area contributed by atoms with Crippen LogP contribution >= 0.6 is 0 Å². The molecule has 0 aliphatic heterocycles. The highest BCUT2D eigenvalue weighted by molar-refractivity contribution is 4.82. The number of hydrogen-bond acceptors (Lipinski definition) is 3. The van der Waals surface area contributed by atoms with Gasteiger partial charge in [-0.3, -0.25) is 4.90 Å². The van der Waals surface area contributed by atoms with Crippen LogP contribution in [-0.4, -0.2) is 50.8 Å². The number of hydrogen-bond donors (Lipinski definition) is 1. The van der Waals surface area contributed by atoms with E-state index in [2.05, 4.69) is 44.8 Å². The Balaban J connectivity index is 4.64. The summed E-state index contributed by atoms with van der Waals surface area (Å²) in [6.45, 7) is 16.7. The van der Waals surface area contributed by atoms with E-state index in [1.807, 2.05) is 0 Å². The highest BCUT2D eigenvalue weighted by Gasteiger charge is 2.27. The molecule has 0 aliphatic rings. The highest BCUT2D eigenvalue weighted by atomic mass is 16.5. The minimum absolute atomic E-state index is 0.354. The standard InChI is InChI=1S/C16H36N2O/c1-7-15(8-2)18(11-12-19-6)14-16(5,9-3)13-17-10-4/h15,17H,7-14H2,1-6H3. The molecule has 0 saturated carbocycles. The van der Waals surface area contributed by atoms with E-state index < -0.39 is 0 Å². The zero-order valence-electron chi connectivity index (χ0n) is 14.1. The Labute approximate surface area is 121 Å². The first-order valence-corrected chi connectivity index (χ1v) is 8.00. The Morgan fingerprint density at radius 2 is 1.79 bits per heavy atom. The molecule has 0 aromatic rings. The highest BCUT2D eigenvalue weighted by Crippen LogP contribution is 2.24. The maximum absolute atomic E-state index is 5.28. The number of nitrogens with one attached hydrogen (secondary N) is 1. The SMILES string of the molecule is CCNCC(C)(CC)CN(CCOC)C(CC)CC. The first-order chi connectivity index (χ1) is 9.06. The monoisotopic (exact) mass is 272 g/mol. The van der Waals surface area contributed by atoms with Crippen LogP contribution in [0.4, 0.5) is 0 Å². The van der Waals surface area contributed by atoms with Gasteiger partial charge in [0.25, 0.3) is 0 Å². The molecule has 19 heavy (non-hydrogen) atoms. The third-order valence-corrected chi connectivity index (χ3v) is 4.28. The second kappa shape index (κ2) is 10.6.